The zero-order chi connectivity index (χ0) is 14.5. The molecule has 0 radical (unpaired) electrons. The third-order valence-corrected chi connectivity index (χ3v) is 1.78. The number of hydrogen-bond donors (Lipinski definition) is 2. The molecule has 0 aliphatic rings. The van der Waals surface area contributed by atoms with E-state index in [2.05, 4.69) is 10.4 Å². The molecule has 0 saturated heterocycles. The Bertz CT molecular complexity index is 399. The minimum absolute atomic E-state index is 0.245. The van der Waals surface area contributed by atoms with Crippen molar-refractivity contribution in [2.75, 3.05) is 13.3 Å². The molecular weight excluding hydrogens is 252 g/mol. The van der Waals surface area contributed by atoms with Crippen LogP contribution in [-0.2, 0) is 4.74 Å². The fourth-order valence-electron chi connectivity index (χ4n) is 0.884. The maximum Gasteiger partial charge on any atom is 0.213 e. The quantitative estimate of drug-likeness (QED) is 0.246. The van der Waals surface area contributed by atoms with E-state index >= 15 is 0 Å². The highest BCUT2D eigenvalue weighted by Gasteiger charge is 1.98. The van der Waals surface area contributed by atoms with E-state index < -0.39 is 12.5 Å². The van der Waals surface area contributed by atoms with Gasteiger partial charge in [0.25, 0.3) is 0 Å². The number of halogens is 2. The molecule has 0 rings (SSSR count). The van der Waals surface area contributed by atoms with Gasteiger partial charge >= 0.3 is 0 Å². The summed E-state index contributed by atoms with van der Waals surface area (Å²) in [6.45, 7) is 2.60. The van der Waals surface area contributed by atoms with Crippen LogP contribution in [0.1, 0.15) is 13.8 Å². The SMILES string of the molecule is C/C=C/C(=N/C=C(\C)NN)OC/C(F)=C\C=C/CF. The third-order valence-electron chi connectivity index (χ3n) is 1.78. The van der Waals surface area contributed by atoms with Gasteiger partial charge in [0.1, 0.15) is 19.1 Å². The molecule has 0 aliphatic heterocycles. The number of nitrogens with two attached hydrogens (primary N) is 1. The van der Waals surface area contributed by atoms with Gasteiger partial charge in [-0.3, -0.25) is 5.84 Å². The number of alkyl halides is 1. The predicted octanol–water partition coefficient (Wildman–Crippen LogP) is 2.68. The van der Waals surface area contributed by atoms with Gasteiger partial charge in [-0.15, -0.1) is 0 Å². The normalized spacial score (nSPS) is 14.5. The summed E-state index contributed by atoms with van der Waals surface area (Å²) in [5.41, 5.74) is 3.04. The highest BCUT2D eigenvalue weighted by Crippen LogP contribution is 2.00. The third kappa shape index (κ3) is 9.72. The van der Waals surface area contributed by atoms with E-state index in [-0.39, 0.29) is 12.5 Å². The van der Waals surface area contributed by atoms with Crippen LogP contribution >= 0.6 is 0 Å². The van der Waals surface area contributed by atoms with Crippen LogP contribution in [0.3, 0.4) is 0 Å². The van der Waals surface area contributed by atoms with Crippen LogP contribution in [0.4, 0.5) is 8.78 Å². The Morgan fingerprint density at radius 3 is 2.79 bits per heavy atom. The van der Waals surface area contributed by atoms with Gasteiger partial charge in [-0.1, -0.05) is 18.2 Å². The summed E-state index contributed by atoms with van der Waals surface area (Å²) in [5.74, 6) is 4.89. The van der Waals surface area contributed by atoms with Crippen LogP contribution in [0, 0.1) is 0 Å². The maximum atomic E-state index is 13.2. The van der Waals surface area contributed by atoms with Gasteiger partial charge in [0.05, 0.1) is 6.20 Å². The molecule has 3 N–H and O–H groups in total. The average molecular weight is 271 g/mol. The molecule has 0 aromatic rings. The topological polar surface area (TPSA) is 59.6 Å². The molecule has 0 spiro atoms. The fourth-order valence-corrected chi connectivity index (χ4v) is 0.884. The van der Waals surface area contributed by atoms with Gasteiger partial charge in [0.2, 0.25) is 5.90 Å². The Balaban J connectivity index is 4.53. The van der Waals surface area contributed by atoms with Crippen molar-refractivity contribution in [1.82, 2.24) is 5.43 Å². The van der Waals surface area contributed by atoms with E-state index in [9.17, 15) is 8.78 Å². The second kappa shape index (κ2) is 11.2. The Labute approximate surface area is 112 Å². The minimum Gasteiger partial charge on any atom is -0.470 e. The number of allylic oxidation sites excluding steroid dienone is 5. The molecule has 4 nitrogen and oxygen atoms in total. The van der Waals surface area contributed by atoms with Gasteiger partial charge in [-0.2, -0.15) is 0 Å². The zero-order valence-electron chi connectivity index (χ0n) is 11.1. The van der Waals surface area contributed by atoms with Crippen molar-refractivity contribution >= 4 is 5.90 Å². The van der Waals surface area contributed by atoms with Crippen molar-refractivity contribution < 1.29 is 13.5 Å². The lowest BCUT2D eigenvalue weighted by Gasteiger charge is -2.03. The summed E-state index contributed by atoms with van der Waals surface area (Å²) in [6, 6.07) is 0. The molecule has 0 heterocycles. The number of hydrazine groups is 1. The Kier molecular flexibility index (Phi) is 10.0. The van der Waals surface area contributed by atoms with Crippen molar-refractivity contribution in [3.8, 4) is 0 Å². The fraction of sp³-hybridized carbons (Fsp3) is 0.308. The van der Waals surface area contributed by atoms with Crippen molar-refractivity contribution in [3.05, 3.63) is 48.1 Å². The first-order valence-corrected chi connectivity index (χ1v) is 5.67. The highest BCUT2D eigenvalue weighted by atomic mass is 19.1. The monoisotopic (exact) mass is 271 g/mol. The van der Waals surface area contributed by atoms with Crippen molar-refractivity contribution in [2.24, 2.45) is 10.8 Å². The first-order valence-electron chi connectivity index (χ1n) is 5.67. The van der Waals surface area contributed by atoms with Crippen molar-refractivity contribution in [2.45, 2.75) is 13.8 Å². The molecule has 0 bridgehead atoms. The summed E-state index contributed by atoms with van der Waals surface area (Å²) in [4.78, 5) is 3.98. The molecule has 19 heavy (non-hydrogen) atoms. The van der Waals surface area contributed by atoms with Crippen molar-refractivity contribution in [1.29, 1.82) is 0 Å². The standard InChI is InChI=1S/C13H19F2N3O/c1-3-6-13(17-9-11(2)18-16)19-10-12(15)7-4-5-8-14/h3-7,9,18H,8,10,16H2,1-2H3/b5-4-,6-3+,11-9+,12-7+,17-13-. The second-order valence-corrected chi connectivity index (χ2v) is 3.41. The summed E-state index contributed by atoms with van der Waals surface area (Å²) in [5, 5.41) is 0. The Hall–Kier alpha value is -1.95. The molecule has 0 unspecified atom stereocenters. The minimum atomic E-state index is -0.633. The summed E-state index contributed by atoms with van der Waals surface area (Å²) < 4.78 is 30.1. The number of nitrogens with one attached hydrogen (secondary N) is 1. The molecule has 0 amide bonds. The highest BCUT2D eigenvalue weighted by molar-refractivity contribution is 5.88. The molecule has 106 valence electrons. The van der Waals surface area contributed by atoms with Crippen LogP contribution in [0.5, 0.6) is 0 Å². The molecular formula is C13H19F2N3O. The van der Waals surface area contributed by atoms with E-state index in [0.29, 0.717) is 5.70 Å². The van der Waals surface area contributed by atoms with Gasteiger partial charge < -0.3 is 10.2 Å². The molecule has 0 saturated carbocycles. The lowest BCUT2D eigenvalue weighted by molar-refractivity contribution is 0.309. The van der Waals surface area contributed by atoms with E-state index in [1.807, 2.05) is 0 Å². The Morgan fingerprint density at radius 2 is 2.21 bits per heavy atom. The predicted molar refractivity (Wildman–Crippen MR) is 73.6 cm³/mol. The number of aliphatic imine (C=N–C) groups is 1. The van der Waals surface area contributed by atoms with Crippen LogP contribution in [-0.4, -0.2) is 19.2 Å². The number of ether oxygens (including phenoxy) is 1. The van der Waals surface area contributed by atoms with Crippen LogP contribution in [0.25, 0.3) is 0 Å². The van der Waals surface area contributed by atoms with Crippen LogP contribution in [0.15, 0.2) is 53.1 Å². The maximum absolute atomic E-state index is 13.2. The van der Waals surface area contributed by atoms with E-state index in [4.69, 9.17) is 10.6 Å². The molecule has 0 fully saturated rings. The van der Waals surface area contributed by atoms with Crippen LogP contribution in [0.2, 0.25) is 0 Å². The van der Waals surface area contributed by atoms with Gasteiger partial charge in [0.15, 0.2) is 0 Å². The average Bonchev–Trinajstić information content (AvgIpc) is 2.41. The second-order valence-electron chi connectivity index (χ2n) is 3.41. The molecule has 0 aliphatic carbocycles. The smallest absolute Gasteiger partial charge is 0.213 e. The molecule has 0 atom stereocenters. The first kappa shape index (κ1) is 17.1. The Morgan fingerprint density at radius 1 is 1.47 bits per heavy atom. The summed E-state index contributed by atoms with van der Waals surface area (Å²) >= 11 is 0. The van der Waals surface area contributed by atoms with E-state index in [0.717, 1.165) is 6.08 Å². The largest absolute Gasteiger partial charge is 0.470 e. The van der Waals surface area contributed by atoms with Gasteiger partial charge in [0, 0.05) is 5.70 Å². The van der Waals surface area contributed by atoms with E-state index in [1.165, 1.54) is 18.4 Å². The zero-order valence-corrected chi connectivity index (χ0v) is 11.1. The van der Waals surface area contributed by atoms with Crippen LogP contribution < -0.4 is 11.3 Å². The molecule has 0 aromatic heterocycles. The lowest BCUT2D eigenvalue weighted by atomic mass is 10.4. The summed E-state index contributed by atoms with van der Waals surface area (Å²) in [7, 11) is 0. The van der Waals surface area contributed by atoms with E-state index in [1.54, 1.807) is 26.0 Å². The van der Waals surface area contributed by atoms with Crippen molar-refractivity contribution in [3.63, 3.8) is 0 Å². The lowest BCUT2D eigenvalue weighted by Crippen LogP contribution is -2.18. The molecule has 0 aromatic carbocycles. The number of rotatable bonds is 7. The number of nitrogens with zero attached hydrogens (tertiary/aromatic N) is 1. The summed E-state index contributed by atoms with van der Waals surface area (Å²) in [6.07, 6.45) is 8.37. The first-order chi connectivity index (χ1) is 9.13. The molecule has 6 heteroatoms. The van der Waals surface area contributed by atoms with Gasteiger partial charge in [-0.05, 0) is 26.0 Å². The van der Waals surface area contributed by atoms with Gasteiger partial charge in [-0.25, -0.2) is 13.8 Å². The number of hydrogen-bond acceptors (Lipinski definition) is 4.